The molecule has 124 valence electrons. The number of carbonyl (C=O) groups is 1. The Bertz CT molecular complexity index is 636. The smallest absolute Gasteiger partial charge is 0.491 e. The second-order valence-corrected chi connectivity index (χ2v) is 7.11. The van der Waals surface area contributed by atoms with E-state index in [9.17, 15) is 9.90 Å². The third-order valence-electron chi connectivity index (χ3n) is 4.49. The normalized spacial score (nSPS) is 19.9. The van der Waals surface area contributed by atoms with Crippen LogP contribution >= 0.6 is 12.6 Å². The number of carbonyl (C=O) groups excluding carboxylic acids is 1. The molecule has 1 N–H and O–H groups in total. The SMILES string of the molecule is CC(=O)c1ccc(C=C(CS)B2OC(C)(C)C(C)(C)O2)cc1O. The lowest BCUT2D eigenvalue weighted by Crippen LogP contribution is -2.41. The van der Waals surface area contributed by atoms with Crippen LogP contribution in [0, 0.1) is 0 Å². The van der Waals surface area contributed by atoms with Crippen molar-refractivity contribution in [2.75, 3.05) is 5.75 Å². The van der Waals surface area contributed by atoms with E-state index in [4.69, 9.17) is 9.31 Å². The van der Waals surface area contributed by atoms with Gasteiger partial charge < -0.3 is 14.4 Å². The molecule has 1 aliphatic rings. The molecule has 0 saturated carbocycles. The lowest BCUT2D eigenvalue weighted by atomic mass is 9.78. The number of phenolic OH excluding ortho intramolecular Hbond substituents is 1. The number of ketones is 1. The number of phenols is 1. The van der Waals surface area contributed by atoms with Crippen LogP contribution in [-0.2, 0) is 9.31 Å². The van der Waals surface area contributed by atoms with E-state index in [2.05, 4.69) is 12.6 Å². The van der Waals surface area contributed by atoms with Crippen molar-refractivity contribution in [1.82, 2.24) is 0 Å². The lowest BCUT2D eigenvalue weighted by molar-refractivity contribution is 0.00578. The van der Waals surface area contributed by atoms with Crippen molar-refractivity contribution in [3.8, 4) is 5.75 Å². The number of aromatic hydroxyl groups is 1. The fourth-order valence-corrected chi connectivity index (χ4v) is 2.57. The van der Waals surface area contributed by atoms with Gasteiger partial charge in [-0.3, -0.25) is 4.79 Å². The van der Waals surface area contributed by atoms with E-state index in [1.807, 2.05) is 33.8 Å². The molecule has 1 aliphatic heterocycles. The number of hydrogen-bond acceptors (Lipinski definition) is 5. The molecule has 4 nitrogen and oxygen atoms in total. The molecule has 0 aliphatic carbocycles. The Morgan fingerprint density at radius 1 is 1.26 bits per heavy atom. The maximum atomic E-state index is 11.4. The third kappa shape index (κ3) is 3.65. The number of thiol groups is 1. The minimum Gasteiger partial charge on any atom is -0.507 e. The highest BCUT2D eigenvalue weighted by Gasteiger charge is 2.52. The molecular formula is C17H23BO4S. The maximum absolute atomic E-state index is 11.4. The van der Waals surface area contributed by atoms with Gasteiger partial charge in [0.2, 0.25) is 0 Å². The Balaban J connectivity index is 2.30. The van der Waals surface area contributed by atoms with Crippen LogP contribution in [0.15, 0.2) is 23.7 Å². The van der Waals surface area contributed by atoms with E-state index >= 15 is 0 Å². The average molecular weight is 334 g/mol. The van der Waals surface area contributed by atoms with Crippen molar-refractivity contribution in [2.45, 2.75) is 45.8 Å². The predicted octanol–water partition coefficient (Wildman–Crippen LogP) is 3.54. The van der Waals surface area contributed by atoms with Crippen molar-refractivity contribution in [3.63, 3.8) is 0 Å². The van der Waals surface area contributed by atoms with Gasteiger partial charge in [0.25, 0.3) is 0 Å². The van der Waals surface area contributed by atoms with Gasteiger partial charge in [0.1, 0.15) is 5.75 Å². The monoisotopic (exact) mass is 334 g/mol. The highest BCUT2D eigenvalue weighted by Crippen LogP contribution is 2.39. The quantitative estimate of drug-likeness (QED) is 0.502. The summed E-state index contributed by atoms with van der Waals surface area (Å²) in [5.41, 5.74) is 1.11. The van der Waals surface area contributed by atoms with Crippen LogP contribution in [0.1, 0.15) is 50.5 Å². The zero-order valence-corrected chi connectivity index (χ0v) is 15.1. The molecule has 0 spiro atoms. The highest BCUT2D eigenvalue weighted by molar-refractivity contribution is 7.80. The zero-order chi connectivity index (χ0) is 17.4. The molecule has 0 radical (unpaired) electrons. The summed E-state index contributed by atoms with van der Waals surface area (Å²) >= 11 is 4.37. The summed E-state index contributed by atoms with van der Waals surface area (Å²) in [5, 5.41) is 9.95. The van der Waals surface area contributed by atoms with Crippen molar-refractivity contribution < 1.29 is 19.2 Å². The molecule has 0 amide bonds. The van der Waals surface area contributed by atoms with Crippen molar-refractivity contribution in [1.29, 1.82) is 0 Å². The fraction of sp³-hybridized carbons (Fsp3) is 0.471. The molecule has 1 saturated heterocycles. The topological polar surface area (TPSA) is 55.8 Å². The third-order valence-corrected chi connectivity index (χ3v) is 4.86. The first-order valence-electron chi connectivity index (χ1n) is 7.58. The molecule has 0 aromatic heterocycles. The molecule has 0 bridgehead atoms. The van der Waals surface area contributed by atoms with E-state index < -0.39 is 18.3 Å². The molecule has 23 heavy (non-hydrogen) atoms. The van der Waals surface area contributed by atoms with Gasteiger partial charge in [-0.05, 0) is 57.8 Å². The number of benzene rings is 1. The van der Waals surface area contributed by atoms with E-state index in [-0.39, 0.29) is 11.5 Å². The Hall–Kier alpha value is -1.24. The van der Waals surface area contributed by atoms with E-state index in [0.29, 0.717) is 11.3 Å². The largest absolute Gasteiger partial charge is 0.507 e. The number of hydrogen-bond donors (Lipinski definition) is 2. The lowest BCUT2D eigenvalue weighted by Gasteiger charge is -2.32. The maximum Gasteiger partial charge on any atom is 0.491 e. The first-order chi connectivity index (χ1) is 10.6. The highest BCUT2D eigenvalue weighted by atomic mass is 32.1. The van der Waals surface area contributed by atoms with E-state index in [0.717, 1.165) is 11.0 Å². The molecule has 1 fully saturated rings. The molecule has 0 unspecified atom stereocenters. The second-order valence-electron chi connectivity index (χ2n) is 6.80. The van der Waals surface area contributed by atoms with Crippen molar-refractivity contribution >= 4 is 31.6 Å². The summed E-state index contributed by atoms with van der Waals surface area (Å²) in [7, 11) is -0.480. The minimum absolute atomic E-state index is 0.0290. The van der Waals surface area contributed by atoms with Gasteiger partial charge in [-0.15, -0.1) is 0 Å². The summed E-state index contributed by atoms with van der Waals surface area (Å²) in [6, 6.07) is 4.96. The summed E-state index contributed by atoms with van der Waals surface area (Å²) in [6.45, 7) is 9.41. The van der Waals surface area contributed by atoms with Gasteiger partial charge in [-0.1, -0.05) is 12.1 Å². The van der Waals surface area contributed by atoms with Crippen LogP contribution in [0.2, 0.25) is 0 Å². The number of rotatable bonds is 4. The summed E-state index contributed by atoms with van der Waals surface area (Å²) in [6.07, 6.45) is 1.87. The van der Waals surface area contributed by atoms with Crippen molar-refractivity contribution in [2.24, 2.45) is 0 Å². The molecule has 0 atom stereocenters. The van der Waals surface area contributed by atoms with Crippen LogP contribution in [0.4, 0.5) is 0 Å². The van der Waals surface area contributed by atoms with Gasteiger partial charge in [-0.2, -0.15) is 12.6 Å². The summed E-state index contributed by atoms with van der Waals surface area (Å²) in [5.74, 6) is 0.267. The van der Waals surface area contributed by atoms with Crippen molar-refractivity contribution in [3.05, 3.63) is 34.8 Å². The molecular weight excluding hydrogens is 311 g/mol. The van der Waals surface area contributed by atoms with Crippen LogP contribution < -0.4 is 0 Å². The molecule has 6 heteroatoms. The van der Waals surface area contributed by atoms with Crippen LogP contribution in [0.5, 0.6) is 5.75 Å². The van der Waals surface area contributed by atoms with Crippen LogP contribution in [-0.4, -0.2) is 35.0 Å². The van der Waals surface area contributed by atoms with Gasteiger partial charge in [-0.25, -0.2) is 0 Å². The first-order valence-corrected chi connectivity index (χ1v) is 8.21. The average Bonchev–Trinajstić information content (AvgIpc) is 2.64. The minimum atomic E-state index is -0.480. The summed E-state index contributed by atoms with van der Waals surface area (Å²) < 4.78 is 12.1. The predicted molar refractivity (Wildman–Crippen MR) is 96.0 cm³/mol. The Morgan fingerprint density at radius 2 is 1.83 bits per heavy atom. The molecule has 2 rings (SSSR count). The van der Waals surface area contributed by atoms with Gasteiger partial charge in [0.05, 0.1) is 16.8 Å². The molecule has 1 aromatic rings. The fourth-order valence-electron chi connectivity index (χ4n) is 2.33. The standard InChI is InChI=1S/C17H23BO4S/c1-11(19)14-7-6-12(9-15(14)20)8-13(10-23)18-21-16(2,3)17(4,5)22-18/h6-9,20,23H,10H2,1-5H3. The molecule has 1 aromatic carbocycles. The van der Waals surface area contributed by atoms with E-state index in [1.165, 1.54) is 6.92 Å². The first kappa shape index (κ1) is 18.1. The van der Waals surface area contributed by atoms with Gasteiger partial charge >= 0.3 is 7.12 Å². The van der Waals surface area contributed by atoms with Crippen LogP contribution in [0.3, 0.4) is 0 Å². The Labute approximate surface area is 143 Å². The number of Topliss-reactive ketones (excluding diaryl/α,β-unsaturated/α-hetero) is 1. The Morgan fingerprint density at radius 3 is 2.26 bits per heavy atom. The molecule has 1 heterocycles. The van der Waals surface area contributed by atoms with E-state index in [1.54, 1.807) is 18.2 Å². The second kappa shape index (κ2) is 6.34. The summed E-state index contributed by atoms with van der Waals surface area (Å²) in [4.78, 5) is 11.4. The van der Waals surface area contributed by atoms with Crippen LogP contribution in [0.25, 0.3) is 6.08 Å². The zero-order valence-electron chi connectivity index (χ0n) is 14.2. The Kier molecular flexibility index (Phi) is 4.99. The van der Waals surface area contributed by atoms with Gasteiger partial charge in [0, 0.05) is 5.75 Å². The van der Waals surface area contributed by atoms with Gasteiger partial charge in [0.15, 0.2) is 5.78 Å².